The fourth-order valence-corrected chi connectivity index (χ4v) is 5.99. The van der Waals surface area contributed by atoms with Crippen LogP contribution >= 0.6 is 0 Å². The Morgan fingerprint density at radius 3 is 2.50 bits per heavy atom. The van der Waals surface area contributed by atoms with Crippen LogP contribution in [0.2, 0.25) is 0 Å². The van der Waals surface area contributed by atoms with E-state index in [4.69, 9.17) is 9.15 Å². The summed E-state index contributed by atoms with van der Waals surface area (Å²) in [6.07, 6.45) is -3.51. The molecule has 2 saturated heterocycles. The molecule has 3 aliphatic rings. The van der Waals surface area contributed by atoms with Crippen LogP contribution in [0.1, 0.15) is 59.7 Å². The van der Waals surface area contributed by atoms with Crippen molar-refractivity contribution in [1.29, 1.82) is 0 Å². The number of alkyl halides is 5. The highest BCUT2D eigenvalue weighted by Crippen LogP contribution is 2.43. The van der Waals surface area contributed by atoms with Crippen LogP contribution in [0.15, 0.2) is 34.9 Å². The van der Waals surface area contributed by atoms with Gasteiger partial charge in [-0.2, -0.15) is 18.3 Å². The third kappa shape index (κ3) is 5.41. The molecule has 1 saturated carbocycles. The molecule has 0 bridgehead atoms. The van der Waals surface area contributed by atoms with Crippen molar-refractivity contribution in [2.24, 2.45) is 18.9 Å². The van der Waals surface area contributed by atoms with Crippen LogP contribution in [0.25, 0.3) is 11.1 Å². The summed E-state index contributed by atoms with van der Waals surface area (Å²) in [6, 6.07) is 2.14. The van der Waals surface area contributed by atoms with Gasteiger partial charge in [0.05, 0.1) is 25.8 Å². The first kappa shape index (κ1) is 28.4. The Labute approximate surface area is 236 Å². The second-order valence-corrected chi connectivity index (χ2v) is 11.2. The van der Waals surface area contributed by atoms with Gasteiger partial charge in [0.25, 0.3) is 5.91 Å². The van der Waals surface area contributed by atoms with Crippen LogP contribution in [-0.2, 0) is 11.8 Å². The van der Waals surface area contributed by atoms with Crippen molar-refractivity contribution in [3.8, 4) is 0 Å². The maximum Gasteiger partial charge on any atom is 0.410 e. The summed E-state index contributed by atoms with van der Waals surface area (Å²) in [6.45, 7) is 0.0172. The largest absolute Gasteiger partial charge is 0.438 e. The van der Waals surface area contributed by atoms with Crippen LogP contribution in [-0.4, -0.2) is 69.5 Å². The molecule has 6 rings (SSSR count). The summed E-state index contributed by atoms with van der Waals surface area (Å²) in [5, 5.41) is 8.92. The summed E-state index contributed by atoms with van der Waals surface area (Å²) in [7, 11) is 1.60. The van der Waals surface area contributed by atoms with Gasteiger partial charge in [-0.1, -0.05) is 6.07 Å². The first-order valence-electron chi connectivity index (χ1n) is 13.7. The predicted molar refractivity (Wildman–Crippen MR) is 136 cm³/mol. The van der Waals surface area contributed by atoms with Crippen molar-refractivity contribution in [2.75, 3.05) is 19.8 Å². The lowest BCUT2D eigenvalue weighted by Crippen LogP contribution is -2.44. The Morgan fingerprint density at radius 2 is 1.90 bits per heavy atom. The van der Waals surface area contributed by atoms with E-state index in [1.54, 1.807) is 25.2 Å². The molecular formula is C27H29F5N6O4. The minimum absolute atomic E-state index is 0.132. The van der Waals surface area contributed by atoms with Crippen molar-refractivity contribution in [3.05, 3.63) is 47.6 Å². The van der Waals surface area contributed by atoms with Crippen molar-refractivity contribution < 1.29 is 40.7 Å². The van der Waals surface area contributed by atoms with Crippen LogP contribution in [0.4, 0.5) is 26.7 Å². The molecule has 3 amide bonds. The van der Waals surface area contributed by atoms with E-state index in [1.807, 2.05) is 5.32 Å². The second-order valence-electron chi connectivity index (χ2n) is 11.2. The molecule has 4 heterocycles. The van der Waals surface area contributed by atoms with Crippen molar-refractivity contribution in [1.82, 2.24) is 30.3 Å². The van der Waals surface area contributed by atoms with E-state index in [1.165, 1.54) is 21.8 Å². The number of hydrogen-bond donors (Lipinski definition) is 2. The number of carbonyl (C=O) groups excluding carboxylic acids is 2. The maximum absolute atomic E-state index is 14.0. The number of carbonyl (C=O) groups is 2. The van der Waals surface area contributed by atoms with Gasteiger partial charge in [0, 0.05) is 32.0 Å². The minimum Gasteiger partial charge on any atom is -0.438 e. The average molecular weight is 597 g/mol. The number of amides is 3. The average Bonchev–Trinajstić information content (AvgIpc) is 3.62. The van der Waals surface area contributed by atoms with Gasteiger partial charge in [-0.15, -0.1) is 0 Å². The number of aromatic nitrogens is 3. The fraction of sp³-hybridized carbons (Fsp3) is 0.556. The number of halogens is 5. The lowest BCUT2D eigenvalue weighted by molar-refractivity contribution is -0.151. The summed E-state index contributed by atoms with van der Waals surface area (Å²) in [5.41, 5.74) is 1.53. The number of nitrogens with one attached hydrogen (secondary N) is 2. The molecule has 42 heavy (non-hydrogen) atoms. The number of aryl methyl sites for hydroxylation is 1. The Bertz CT molecular complexity index is 1470. The van der Waals surface area contributed by atoms with E-state index in [-0.39, 0.29) is 62.3 Å². The highest BCUT2D eigenvalue weighted by atomic mass is 19.4. The molecular weight excluding hydrogens is 567 g/mol. The molecule has 0 unspecified atom stereocenters. The second kappa shape index (κ2) is 10.5. The van der Waals surface area contributed by atoms with Gasteiger partial charge in [-0.05, 0) is 42.5 Å². The smallest absolute Gasteiger partial charge is 0.410 e. The highest BCUT2D eigenvalue weighted by Gasteiger charge is 2.50. The molecule has 2 N–H and O–H groups in total. The van der Waals surface area contributed by atoms with E-state index >= 15 is 0 Å². The normalized spacial score (nSPS) is 23.0. The molecule has 1 aromatic carbocycles. The highest BCUT2D eigenvalue weighted by molar-refractivity contribution is 5.92. The fourth-order valence-electron chi connectivity index (χ4n) is 5.99. The summed E-state index contributed by atoms with van der Waals surface area (Å²) in [4.78, 5) is 31.5. The standard InChI is InChI=1S/C27H29F5N6O4/c1-37-18(6-9-33-37)23(39)36-21(14-4-7-26(28,29)8-5-14)24-34-17-10-15(2-3-19(17)42-24)22(16-12-41-13-16)38-11-20(27(30,31)32)35-25(38)40/h2-3,6,9-10,14,16,20-22H,4-5,7-8,11-13H2,1H3,(H,35,40)(H,36,39)/t20-,21-,22-/m0/s1. The van der Waals surface area contributed by atoms with E-state index in [2.05, 4.69) is 15.4 Å². The van der Waals surface area contributed by atoms with Gasteiger partial charge in [0.1, 0.15) is 23.3 Å². The number of benzene rings is 1. The number of urea groups is 1. The number of rotatable bonds is 7. The zero-order valence-corrected chi connectivity index (χ0v) is 22.5. The maximum atomic E-state index is 14.0. The van der Waals surface area contributed by atoms with Gasteiger partial charge >= 0.3 is 12.2 Å². The predicted octanol–water partition coefficient (Wildman–Crippen LogP) is 4.50. The minimum atomic E-state index is -4.59. The van der Waals surface area contributed by atoms with Crippen molar-refractivity contribution in [2.45, 2.75) is 55.9 Å². The van der Waals surface area contributed by atoms with Gasteiger partial charge in [-0.3, -0.25) is 9.48 Å². The van der Waals surface area contributed by atoms with Gasteiger partial charge in [0.15, 0.2) is 5.58 Å². The van der Waals surface area contributed by atoms with Crippen molar-refractivity contribution >= 4 is 23.0 Å². The summed E-state index contributed by atoms with van der Waals surface area (Å²) in [5.74, 6) is -3.71. The first-order chi connectivity index (χ1) is 19.9. The Kier molecular flexibility index (Phi) is 7.10. The topological polar surface area (TPSA) is 115 Å². The lowest BCUT2D eigenvalue weighted by atomic mass is 9.82. The van der Waals surface area contributed by atoms with E-state index in [0.717, 1.165) is 0 Å². The molecule has 2 aliphatic heterocycles. The van der Waals surface area contributed by atoms with Gasteiger partial charge in [0.2, 0.25) is 11.8 Å². The molecule has 2 aromatic heterocycles. The third-order valence-corrected chi connectivity index (χ3v) is 8.39. The number of hydrogen-bond acceptors (Lipinski definition) is 6. The Balaban J connectivity index is 1.31. The van der Waals surface area contributed by atoms with Crippen LogP contribution in [0.5, 0.6) is 0 Å². The third-order valence-electron chi connectivity index (χ3n) is 8.39. The molecule has 15 heteroatoms. The van der Waals surface area contributed by atoms with Crippen LogP contribution in [0.3, 0.4) is 0 Å². The zero-order chi connectivity index (χ0) is 29.8. The number of nitrogens with zero attached hydrogens (tertiary/aromatic N) is 4. The monoisotopic (exact) mass is 596 g/mol. The number of ether oxygens (including phenoxy) is 1. The molecule has 10 nitrogen and oxygen atoms in total. The molecule has 0 spiro atoms. The molecule has 1 aliphatic carbocycles. The SMILES string of the molecule is Cn1nccc1C(=O)N[C@H](c1nc2cc([C@@H](C3COC3)N3C[C@@H](C(F)(F)F)NC3=O)ccc2o1)C1CCC(F)(F)CC1. The van der Waals surface area contributed by atoms with E-state index in [9.17, 15) is 31.5 Å². The number of fused-ring (bicyclic) bond motifs is 1. The Hall–Kier alpha value is -3.75. The van der Waals surface area contributed by atoms with Crippen LogP contribution in [0, 0.1) is 11.8 Å². The quantitative estimate of drug-likeness (QED) is 0.389. The lowest BCUT2D eigenvalue weighted by Gasteiger charge is -2.39. The van der Waals surface area contributed by atoms with Crippen molar-refractivity contribution in [3.63, 3.8) is 0 Å². The Morgan fingerprint density at radius 1 is 1.17 bits per heavy atom. The van der Waals surface area contributed by atoms with E-state index < -0.39 is 48.7 Å². The molecule has 3 atom stereocenters. The van der Waals surface area contributed by atoms with Gasteiger partial charge < -0.3 is 24.7 Å². The molecule has 3 aromatic rings. The first-order valence-corrected chi connectivity index (χ1v) is 13.7. The summed E-state index contributed by atoms with van der Waals surface area (Å²) < 4.78 is 80.8. The zero-order valence-electron chi connectivity index (χ0n) is 22.5. The van der Waals surface area contributed by atoms with Gasteiger partial charge in [-0.25, -0.2) is 18.6 Å². The molecule has 226 valence electrons. The molecule has 0 radical (unpaired) electrons. The summed E-state index contributed by atoms with van der Waals surface area (Å²) >= 11 is 0. The van der Waals surface area contributed by atoms with Crippen LogP contribution < -0.4 is 10.6 Å². The molecule has 3 fully saturated rings. The number of oxazole rings is 1. The van der Waals surface area contributed by atoms with E-state index in [0.29, 0.717) is 16.7 Å².